The Balaban J connectivity index is 1.40. The molecule has 4 nitrogen and oxygen atoms in total. The maximum absolute atomic E-state index is 6.52. The van der Waals surface area contributed by atoms with Gasteiger partial charge in [0, 0.05) is 32.3 Å². The third-order valence-electron chi connectivity index (χ3n) is 7.94. The number of pyridine rings is 1. The summed E-state index contributed by atoms with van der Waals surface area (Å²) in [6.45, 7) is 0. The van der Waals surface area contributed by atoms with Crippen LogP contribution in [0, 0.1) is 0 Å². The molecule has 9 rings (SSSR count). The van der Waals surface area contributed by atoms with Gasteiger partial charge in [0.2, 0.25) is 0 Å². The Kier molecular flexibility index (Phi) is 4.02. The fourth-order valence-corrected chi connectivity index (χ4v) is 6.30. The summed E-state index contributed by atoms with van der Waals surface area (Å²) < 4.78 is 11.0. The van der Waals surface area contributed by atoms with Gasteiger partial charge >= 0.3 is 0 Å². The van der Waals surface area contributed by atoms with Crippen LogP contribution in [0.25, 0.3) is 77.2 Å². The summed E-state index contributed by atoms with van der Waals surface area (Å²) >= 11 is 0. The zero-order valence-corrected chi connectivity index (χ0v) is 20.9. The van der Waals surface area contributed by atoms with Crippen LogP contribution in [0.15, 0.2) is 132 Å². The Morgan fingerprint density at radius 1 is 0.410 bits per heavy atom. The average Bonchev–Trinajstić information content (AvgIpc) is 3.65. The summed E-state index contributed by atoms with van der Waals surface area (Å²) in [5, 5.41) is 7.02. The quantitative estimate of drug-likeness (QED) is 0.238. The monoisotopic (exact) mass is 499 g/mol. The van der Waals surface area contributed by atoms with E-state index in [0.29, 0.717) is 0 Å². The van der Waals surface area contributed by atoms with Crippen molar-refractivity contribution in [3.8, 4) is 11.6 Å². The molecule has 0 radical (unpaired) electrons. The highest BCUT2D eigenvalue weighted by Gasteiger charge is 2.20. The molecule has 4 aromatic heterocycles. The minimum Gasteiger partial charge on any atom is -0.454 e. The molecule has 0 atom stereocenters. The van der Waals surface area contributed by atoms with E-state index in [2.05, 4.69) is 124 Å². The number of aromatic nitrogens is 3. The molecule has 0 unspecified atom stereocenters. The molecule has 0 bridgehead atoms. The maximum atomic E-state index is 6.52. The van der Waals surface area contributed by atoms with Crippen molar-refractivity contribution in [1.82, 2.24) is 14.1 Å². The van der Waals surface area contributed by atoms with E-state index in [1.807, 2.05) is 12.1 Å². The molecule has 0 N–H and O–H groups in total. The van der Waals surface area contributed by atoms with Crippen LogP contribution in [0.4, 0.5) is 0 Å². The summed E-state index contributed by atoms with van der Waals surface area (Å²) in [4.78, 5) is 5.30. The van der Waals surface area contributed by atoms with Gasteiger partial charge in [-0.2, -0.15) is 0 Å². The minimum absolute atomic E-state index is 0.855. The Labute approximate surface area is 222 Å². The van der Waals surface area contributed by atoms with Crippen molar-refractivity contribution in [2.24, 2.45) is 0 Å². The van der Waals surface area contributed by atoms with E-state index in [9.17, 15) is 0 Å². The van der Waals surface area contributed by atoms with Crippen molar-refractivity contribution in [1.29, 1.82) is 0 Å². The topological polar surface area (TPSA) is 35.9 Å². The van der Waals surface area contributed by atoms with Crippen LogP contribution in [-0.4, -0.2) is 14.1 Å². The number of para-hydroxylation sites is 4. The number of nitrogens with zero attached hydrogens (tertiary/aromatic N) is 3. The predicted molar refractivity (Wildman–Crippen MR) is 160 cm³/mol. The first-order valence-electron chi connectivity index (χ1n) is 13.2. The Bertz CT molecular complexity index is 2350. The van der Waals surface area contributed by atoms with Crippen LogP contribution < -0.4 is 0 Å². The van der Waals surface area contributed by atoms with E-state index >= 15 is 0 Å². The molecule has 0 aliphatic carbocycles. The first-order chi connectivity index (χ1) is 19.4. The maximum Gasteiger partial charge on any atom is 0.160 e. The lowest BCUT2D eigenvalue weighted by Crippen LogP contribution is -2.03. The summed E-state index contributed by atoms with van der Waals surface area (Å²) in [6.07, 6.45) is 0. The van der Waals surface area contributed by atoms with Gasteiger partial charge in [-0.25, -0.2) is 4.98 Å². The van der Waals surface area contributed by atoms with Crippen LogP contribution >= 0.6 is 0 Å². The van der Waals surface area contributed by atoms with Crippen LogP contribution in [0.3, 0.4) is 0 Å². The van der Waals surface area contributed by atoms with Crippen LogP contribution in [0.5, 0.6) is 0 Å². The predicted octanol–water partition coefficient (Wildman–Crippen LogP) is 9.18. The zero-order valence-electron chi connectivity index (χ0n) is 20.9. The van der Waals surface area contributed by atoms with E-state index in [1.54, 1.807) is 0 Å². The molecular formula is C35H21N3O. The van der Waals surface area contributed by atoms with Crippen molar-refractivity contribution in [3.05, 3.63) is 127 Å². The highest BCUT2D eigenvalue weighted by Crippen LogP contribution is 2.40. The van der Waals surface area contributed by atoms with Crippen molar-refractivity contribution >= 4 is 65.6 Å². The Morgan fingerprint density at radius 3 is 1.62 bits per heavy atom. The molecule has 0 amide bonds. The van der Waals surface area contributed by atoms with Gasteiger partial charge in [-0.15, -0.1) is 0 Å². The number of furan rings is 1. The number of hydrogen-bond acceptors (Lipinski definition) is 2. The summed E-state index contributed by atoms with van der Waals surface area (Å²) in [7, 11) is 0. The van der Waals surface area contributed by atoms with Gasteiger partial charge in [-0.05, 0) is 42.5 Å². The van der Waals surface area contributed by atoms with E-state index in [1.165, 1.54) is 16.2 Å². The average molecular weight is 500 g/mol. The van der Waals surface area contributed by atoms with Gasteiger partial charge < -0.3 is 4.42 Å². The lowest BCUT2D eigenvalue weighted by molar-refractivity contribution is 0.671. The highest BCUT2D eigenvalue weighted by atomic mass is 16.3. The number of benzene rings is 5. The fraction of sp³-hybridized carbons (Fsp3) is 0. The molecular weight excluding hydrogens is 478 g/mol. The van der Waals surface area contributed by atoms with E-state index in [-0.39, 0.29) is 0 Å². The van der Waals surface area contributed by atoms with Gasteiger partial charge in [-0.3, -0.25) is 9.13 Å². The molecule has 0 fully saturated rings. The van der Waals surface area contributed by atoms with Crippen molar-refractivity contribution in [3.63, 3.8) is 0 Å². The molecule has 0 aliphatic rings. The third-order valence-corrected chi connectivity index (χ3v) is 7.94. The second kappa shape index (κ2) is 7.59. The SMILES string of the molecule is c1cc(-n2c3ccccc3c3ccccc32)nc(-n2c3ccccc3c3ccc4c5ccccc5oc4c32)c1. The van der Waals surface area contributed by atoms with E-state index in [0.717, 1.165) is 61.0 Å². The lowest BCUT2D eigenvalue weighted by Gasteiger charge is -2.11. The molecule has 182 valence electrons. The molecule has 5 aromatic carbocycles. The van der Waals surface area contributed by atoms with Crippen LogP contribution in [0.2, 0.25) is 0 Å². The number of fused-ring (bicyclic) bond motifs is 10. The largest absolute Gasteiger partial charge is 0.454 e. The number of hydrogen-bond donors (Lipinski definition) is 0. The molecule has 0 saturated heterocycles. The normalized spacial score (nSPS) is 12.1. The second-order valence-electron chi connectivity index (χ2n) is 10.0. The second-order valence-corrected chi connectivity index (χ2v) is 10.0. The van der Waals surface area contributed by atoms with Gasteiger partial charge in [0.25, 0.3) is 0 Å². The molecule has 9 aromatic rings. The first-order valence-corrected chi connectivity index (χ1v) is 13.2. The van der Waals surface area contributed by atoms with Gasteiger partial charge in [0.1, 0.15) is 17.2 Å². The Morgan fingerprint density at radius 2 is 0.923 bits per heavy atom. The molecule has 4 heteroatoms. The third kappa shape index (κ3) is 2.75. The van der Waals surface area contributed by atoms with Crippen molar-refractivity contribution in [2.75, 3.05) is 0 Å². The van der Waals surface area contributed by atoms with E-state index in [4.69, 9.17) is 9.40 Å². The lowest BCUT2D eigenvalue weighted by atomic mass is 10.1. The number of rotatable bonds is 2. The molecule has 4 heterocycles. The summed E-state index contributed by atoms with van der Waals surface area (Å²) in [5.41, 5.74) is 6.21. The highest BCUT2D eigenvalue weighted by molar-refractivity contribution is 6.21. The van der Waals surface area contributed by atoms with Crippen molar-refractivity contribution in [2.45, 2.75) is 0 Å². The minimum atomic E-state index is 0.855. The standard InChI is InChI=1S/C35H21N3O/c1-5-14-28-22(10-1)23-11-2-6-15-29(23)37(28)32-18-9-19-33(36-32)38-30-16-7-3-12-24(30)26-20-21-27-25-13-4-8-17-31(25)39-35(27)34(26)38/h1-21H. The van der Waals surface area contributed by atoms with Crippen molar-refractivity contribution < 1.29 is 4.42 Å². The summed E-state index contributed by atoms with van der Waals surface area (Å²) in [6, 6.07) is 44.5. The van der Waals surface area contributed by atoms with Crippen LogP contribution in [-0.2, 0) is 0 Å². The first kappa shape index (κ1) is 20.7. The molecule has 0 spiro atoms. The molecule has 0 saturated carbocycles. The Hall–Kier alpha value is -5.35. The fourth-order valence-electron chi connectivity index (χ4n) is 6.30. The van der Waals surface area contributed by atoms with E-state index < -0.39 is 0 Å². The van der Waals surface area contributed by atoms with Gasteiger partial charge in [0.15, 0.2) is 5.58 Å². The van der Waals surface area contributed by atoms with Gasteiger partial charge in [0.05, 0.1) is 22.1 Å². The molecule has 0 aliphatic heterocycles. The summed E-state index contributed by atoms with van der Waals surface area (Å²) in [5.74, 6) is 1.74. The molecule has 39 heavy (non-hydrogen) atoms. The zero-order chi connectivity index (χ0) is 25.5. The van der Waals surface area contributed by atoms with Crippen LogP contribution in [0.1, 0.15) is 0 Å². The smallest absolute Gasteiger partial charge is 0.160 e. The van der Waals surface area contributed by atoms with Gasteiger partial charge in [-0.1, -0.05) is 84.9 Å².